The third kappa shape index (κ3) is 3.50. The second-order valence-electron chi connectivity index (χ2n) is 14.1. The van der Waals surface area contributed by atoms with Crippen molar-refractivity contribution in [1.29, 1.82) is 0 Å². The molecule has 4 nitrogen and oxygen atoms in total. The maximum Gasteiger partial charge on any atom is 0.235 e. The van der Waals surface area contributed by atoms with Gasteiger partial charge in [0.05, 0.1) is 38.8 Å². The van der Waals surface area contributed by atoms with Crippen LogP contribution in [0.3, 0.4) is 0 Å². The molecule has 5 heteroatoms. The van der Waals surface area contributed by atoms with E-state index in [0.717, 1.165) is 33.2 Å². The molecule has 5 heterocycles. The largest absolute Gasteiger partial charge is 0.306 e. The van der Waals surface area contributed by atoms with Crippen LogP contribution in [0.4, 0.5) is 0 Å². The predicted molar refractivity (Wildman–Crippen MR) is 224 cm³/mol. The summed E-state index contributed by atoms with van der Waals surface area (Å²) >= 11 is 1.84. The number of para-hydroxylation sites is 3. The minimum Gasteiger partial charge on any atom is -0.306 e. The predicted octanol–water partition coefficient (Wildman–Crippen LogP) is 13.1. The zero-order valence-electron chi connectivity index (χ0n) is 28.2. The Labute approximate surface area is 305 Å². The van der Waals surface area contributed by atoms with Gasteiger partial charge in [0.25, 0.3) is 0 Å². The van der Waals surface area contributed by atoms with Crippen molar-refractivity contribution < 1.29 is 0 Å². The van der Waals surface area contributed by atoms with Gasteiger partial charge in [-0.2, -0.15) is 0 Å². The Kier molecular flexibility index (Phi) is 5.22. The molecule has 0 unspecified atom stereocenters. The molecule has 0 aliphatic heterocycles. The average Bonchev–Trinajstić information content (AvgIpc) is 3.88. The zero-order valence-corrected chi connectivity index (χ0v) is 29.0. The Balaban J connectivity index is 1.24. The summed E-state index contributed by atoms with van der Waals surface area (Å²) in [6.45, 7) is 0. The van der Waals surface area contributed by atoms with Crippen LogP contribution in [0.1, 0.15) is 0 Å². The third-order valence-electron chi connectivity index (χ3n) is 11.5. The van der Waals surface area contributed by atoms with Gasteiger partial charge in [-0.05, 0) is 35.0 Å². The Morgan fingerprint density at radius 3 is 1.94 bits per heavy atom. The van der Waals surface area contributed by atoms with Gasteiger partial charge in [-0.25, -0.2) is 9.97 Å². The van der Waals surface area contributed by atoms with E-state index < -0.39 is 0 Å². The first-order valence-corrected chi connectivity index (χ1v) is 18.8. The molecule has 13 rings (SSSR count). The van der Waals surface area contributed by atoms with Gasteiger partial charge >= 0.3 is 0 Å². The number of hydrogen-bond donors (Lipinski definition) is 0. The van der Waals surface area contributed by atoms with Crippen molar-refractivity contribution in [3.05, 3.63) is 158 Å². The maximum atomic E-state index is 5.61. The van der Waals surface area contributed by atoms with Crippen LogP contribution in [0.15, 0.2) is 158 Å². The van der Waals surface area contributed by atoms with E-state index >= 15 is 0 Å². The minimum atomic E-state index is 0.670. The summed E-state index contributed by atoms with van der Waals surface area (Å²) in [6.07, 6.45) is 0. The summed E-state index contributed by atoms with van der Waals surface area (Å²) in [6, 6.07) is 57.3. The van der Waals surface area contributed by atoms with E-state index in [1.807, 2.05) is 11.3 Å². The van der Waals surface area contributed by atoms with E-state index in [9.17, 15) is 0 Å². The molecule has 53 heavy (non-hydrogen) atoms. The smallest absolute Gasteiger partial charge is 0.235 e. The Hall–Kier alpha value is -6.82. The first kappa shape index (κ1) is 27.8. The topological polar surface area (TPSA) is 35.1 Å². The van der Waals surface area contributed by atoms with Gasteiger partial charge < -0.3 is 4.40 Å². The van der Waals surface area contributed by atoms with E-state index in [-0.39, 0.29) is 0 Å². The second kappa shape index (κ2) is 9.94. The molecule has 0 bridgehead atoms. The number of rotatable bonds is 2. The summed E-state index contributed by atoms with van der Waals surface area (Å²) in [5.74, 6) is 0.670. The molecule has 8 aromatic carbocycles. The molecule has 0 atom stereocenters. The van der Waals surface area contributed by atoms with Gasteiger partial charge in [0, 0.05) is 63.4 Å². The normalized spacial score (nSPS) is 12.5. The Bertz CT molecular complexity index is 3700. The molecule has 244 valence electrons. The van der Waals surface area contributed by atoms with Crippen LogP contribution >= 0.6 is 11.3 Å². The Morgan fingerprint density at radius 2 is 1.06 bits per heavy atom. The summed E-state index contributed by atoms with van der Waals surface area (Å²) < 4.78 is 7.38. The molecule has 0 aliphatic rings. The number of nitrogens with zero attached hydrogens (tertiary/aromatic N) is 4. The lowest BCUT2D eigenvalue weighted by Gasteiger charge is -2.14. The van der Waals surface area contributed by atoms with Gasteiger partial charge in [-0.1, -0.05) is 133 Å². The summed E-state index contributed by atoms with van der Waals surface area (Å²) in [5.41, 5.74) is 8.83. The van der Waals surface area contributed by atoms with E-state index in [0.29, 0.717) is 5.95 Å². The van der Waals surface area contributed by atoms with Gasteiger partial charge in [0.15, 0.2) is 0 Å². The maximum absolute atomic E-state index is 5.61. The highest BCUT2D eigenvalue weighted by molar-refractivity contribution is 7.26. The lowest BCUT2D eigenvalue weighted by molar-refractivity contribution is 1.02. The molecule has 0 amide bonds. The highest BCUT2D eigenvalue weighted by atomic mass is 32.1. The summed E-state index contributed by atoms with van der Waals surface area (Å²) in [5, 5.41) is 13.5. The van der Waals surface area contributed by atoms with Crippen molar-refractivity contribution >= 4 is 113 Å². The lowest BCUT2D eigenvalue weighted by atomic mass is 9.99. The minimum absolute atomic E-state index is 0.670. The molecule has 5 aromatic heterocycles. The number of thiophene rings is 1. The van der Waals surface area contributed by atoms with E-state index in [2.05, 4.69) is 167 Å². The monoisotopic (exact) mass is 690 g/mol. The standard InChI is InChI=1S/C48H26N4S/c1-5-19-38-36(15-1)43(37-18-10-17-35-30-14-4-8-22-41(30)53-47(35)37)50-48(49-38)52-40-21-7-3-13-29(40)32-25-26-34-33-24-23-27-11-9-16-31-28-12-2-6-20-39(28)51(44(33)42(27)31)45(34)46(32)52/h1-26H. The number of pyridine rings is 1. The van der Waals surface area contributed by atoms with Crippen LogP contribution in [0.25, 0.3) is 119 Å². The summed E-state index contributed by atoms with van der Waals surface area (Å²) in [4.78, 5) is 11.0. The Morgan fingerprint density at radius 1 is 0.415 bits per heavy atom. The van der Waals surface area contributed by atoms with Crippen LogP contribution < -0.4 is 0 Å². The molecule has 0 saturated carbocycles. The van der Waals surface area contributed by atoms with Crippen LogP contribution in [-0.2, 0) is 0 Å². The van der Waals surface area contributed by atoms with Crippen molar-refractivity contribution in [2.24, 2.45) is 0 Å². The molecule has 13 aromatic rings. The van der Waals surface area contributed by atoms with E-state index in [1.54, 1.807) is 0 Å². The molecular formula is C48H26N4S. The third-order valence-corrected chi connectivity index (χ3v) is 12.7. The first-order valence-electron chi connectivity index (χ1n) is 18.0. The zero-order chi connectivity index (χ0) is 34.4. The molecule has 0 fully saturated rings. The molecule has 0 saturated heterocycles. The number of aromatic nitrogens is 4. The van der Waals surface area contributed by atoms with Crippen molar-refractivity contribution in [1.82, 2.24) is 18.9 Å². The van der Waals surface area contributed by atoms with Crippen molar-refractivity contribution in [3.8, 4) is 17.2 Å². The molecule has 0 spiro atoms. The lowest BCUT2D eigenvalue weighted by Crippen LogP contribution is -2.04. The molecular weight excluding hydrogens is 665 g/mol. The van der Waals surface area contributed by atoms with Crippen molar-refractivity contribution in [3.63, 3.8) is 0 Å². The van der Waals surface area contributed by atoms with E-state index in [1.165, 1.54) is 79.8 Å². The van der Waals surface area contributed by atoms with Gasteiger partial charge in [0.2, 0.25) is 5.95 Å². The van der Waals surface area contributed by atoms with Crippen LogP contribution in [0, 0.1) is 0 Å². The molecule has 0 N–H and O–H groups in total. The first-order chi connectivity index (χ1) is 26.3. The average molecular weight is 691 g/mol. The number of fused-ring (bicyclic) bond motifs is 14. The van der Waals surface area contributed by atoms with Gasteiger partial charge in [-0.15, -0.1) is 11.3 Å². The number of hydrogen-bond acceptors (Lipinski definition) is 3. The fraction of sp³-hybridized carbons (Fsp3) is 0. The number of benzene rings is 8. The fourth-order valence-corrected chi connectivity index (χ4v) is 10.5. The highest BCUT2D eigenvalue weighted by Crippen LogP contribution is 2.46. The van der Waals surface area contributed by atoms with Crippen molar-refractivity contribution in [2.45, 2.75) is 0 Å². The van der Waals surface area contributed by atoms with E-state index in [4.69, 9.17) is 9.97 Å². The van der Waals surface area contributed by atoms with Crippen molar-refractivity contribution in [2.75, 3.05) is 0 Å². The van der Waals surface area contributed by atoms with Gasteiger partial charge in [0.1, 0.15) is 0 Å². The van der Waals surface area contributed by atoms with Crippen LogP contribution in [-0.4, -0.2) is 18.9 Å². The molecule has 0 radical (unpaired) electrons. The second-order valence-corrected chi connectivity index (χ2v) is 15.2. The summed E-state index contributed by atoms with van der Waals surface area (Å²) in [7, 11) is 0. The highest BCUT2D eigenvalue weighted by Gasteiger charge is 2.25. The quantitative estimate of drug-likeness (QED) is 0.134. The van der Waals surface area contributed by atoms with Crippen LogP contribution in [0.2, 0.25) is 0 Å². The SMILES string of the molecule is c1ccc2c(-c3cccc4c3sc3ccccc34)nc(-n3c4ccccc4c4ccc5c6ccc7cccc8c9ccccc9n(c6c78)c5c43)nc2c1. The fourth-order valence-electron chi connectivity index (χ4n) is 9.28. The van der Waals surface area contributed by atoms with Crippen LogP contribution in [0.5, 0.6) is 0 Å². The molecule has 0 aliphatic carbocycles. The van der Waals surface area contributed by atoms with Gasteiger partial charge in [-0.3, -0.25) is 4.57 Å².